The molecule has 0 spiro atoms. The quantitative estimate of drug-likeness (QED) is 0.644. The Balaban J connectivity index is 0.000000409. The molecule has 1 heterocycles. The van der Waals surface area contributed by atoms with Crippen LogP contribution in [0, 0.1) is 0 Å². The summed E-state index contributed by atoms with van der Waals surface area (Å²) in [5.41, 5.74) is 0. The van der Waals surface area contributed by atoms with E-state index in [1.165, 1.54) is 0 Å². The molecule has 1 rings (SSSR count). The topological polar surface area (TPSA) is 61.8 Å². The lowest BCUT2D eigenvalue weighted by Gasteiger charge is -2.18. The van der Waals surface area contributed by atoms with Gasteiger partial charge in [-0.3, -0.25) is 4.18 Å². The van der Waals surface area contributed by atoms with Crippen molar-refractivity contribution in [1.82, 2.24) is 9.62 Å². The number of hydrogen-bond donors (Lipinski definition) is 2. The summed E-state index contributed by atoms with van der Waals surface area (Å²) in [7, 11) is 0. The molecule has 1 saturated heterocycles. The first kappa shape index (κ1) is 22.0. The van der Waals surface area contributed by atoms with Crippen molar-refractivity contribution in [2.45, 2.75) is 78.3 Å². The first-order valence-electron chi connectivity index (χ1n) is 8.80. The summed E-state index contributed by atoms with van der Waals surface area (Å²) in [4.78, 5) is 0. The Hall–Kier alpha value is -0.0100. The Morgan fingerprint density at radius 1 is 1.23 bits per heavy atom. The van der Waals surface area contributed by atoms with Crippen molar-refractivity contribution >= 4 is 11.3 Å². The van der Waals surface area contributed by atoms with E-state index < -0.39 is 11.3 Å². The predicted molar refractivity (Wildman–Crippen MR) is 93.9 cm³/mol. The Morgan fingerprint density at radius 2 is 1.95 bits per heavy atom. The third kappa shape index (κ3) is 9.20. The van der Waals surface area contributed by atoms with Gasteiger partial charge in [0.15, 0.2) is 0 Å². The van der Waals surface area contributed by atoms with E-state index in [9.17, 15) is 4.21 Å². The zero-order chi connectivity index (χ0) is 16.8. The molecule has 5 nitrogen and oxygen atoms in total. The van der Waals surface area contributed by atoms with Gasteiger partial charge >= 0.3 is 0 Å². The van der Waals surface area contributed by atoms with Crippen molar-refractivity contribution in [1.29, 1.82) is 0 Å². The highest BCUT2D eigenvalue weighted by Crippen LogP contribution is 2.18. The molecule has 0 radical (unpaired) electrons. The van der Waals surface area contributed by atoms with Crippen molar-refractivity contribution in [3.05, 3.63) is 0 Å². The molecule has 0 amide bonds. The lowest BCUT2D eigenvalue weighted by Crippen LogP contribution is -2.32. The first-order valence-corrected chi connectivity index (χ1v) is 9.83. The molecule has 0 aromatic carbocycles. The molecule has 0 saturated carbocycles. The van der Waals surface area contributed by atoms with Crippen LogP contribution in [0.5, 0.6) is 0 Å². The number of hydrogen-bond acceptors (Lipinski definition) is 4. The van der Waals surface area contributed by atoms with Crippen LogP contribution in [-0.2, 0) is 15.4 Å². The second-order valence-corrected chi connectivity index (χ2v) is 6.85. The summed E-state index contributed by atoms with van der Waals surface area (Å²) in [6, 6.07) is 0.709. The second-order valence-electron chi connectivity index (χ2n) is 5.71. The van der Waals surface area contributed by atoms with E-state index in [1.54, 1.807) is 0 Å². The lowest BCUT2D eigenvalue weighted by atomic mass is 10.2. The summed E-state index contributed by atoms with van der Waals surface area (Å²) in [6.45, 7) is 11.3. The monoisotopic (exact) mass is 336 g/mol. The summed E-state index contributed by atoms with van der Waals surface area (Å²) < 4.78 is 18.3. The van der Waals surface area contributed by atoms with Crippen LogP contribution in [-0.4, -0.2) is 52.0 Å². The molecule has 0 bridgehead atoms. The fraction of sp³-hybridized carbons (Fsp3) is 1.00. The Bertz CT molecular complexity index is 280. The minimum Gasteiger partial charge on any atom is -0.395 e. The van der Waals surface area contributed by atoms with E-state index in [1.807, 2.05) is 4.31 Å². The minimum atomic E-state index is -1.16. The summed E-state index contributed by atoms with van der Waals surface area (Å²) in [5, 5.41) is 12.1. The standard InChI is InChI=1S/C8H17NO2S.C8H19NO/c1-3-5-8-7-11-12(10)9(8)6-4-2;1-3-5-8(7-10)9-6-4-2/h8H,3-7H2,1-2H3;8-10H,3-7H2,1-2H3/t8?,12-;8-/m11/s1. The smallest absolute Gasteiger partial charge is 0.237 e. The first-order chi connectivity index (χ1) is 10.6. The number of aliphatic hydroxyl groups is 1. The van der Waals surface area contributed by atoms with Crippen LogP contribution >= 0.6 is 0 Å². The van der Waals surface area contributed by atoms with Crippen LogP contribution in [0.3, 0.4) is 0 Å². The second kappa shape index (κ2) is 14.6. The highest BCUT2D eigenvalue weighted by molar-refractivity contribution is 7.78. The van der Waals surface area contributed by atoms with Crippen LogP contribution in [0.2, 0.25) is 0 Å². The van der Waals surface area contributed by atoms with Gasteiger partial charge in [-0.2, -0.15) is 4.31 Å². The molecule has 1 fully saturated rings. The van der Waals surface area contributed by atoms with Crippen LogP contribution in [0.1, 0.15) is 66.2 Å². The maximum Gasteiger partial charge on any atom is 0.237 e. The van der Waals surface area contributed by atoms with Gasteiger partial charge in [-0.05, 0) is 32.2 Å². The molecule has 1 aliphatic heterocycles. The van der Waals surface area contributed by atoms with Gasteiger partial charge in [0.25, 0.3) is 0 Å². The number of nitrogens with zero attached hydrogens (tertiary/aromatic N) is 1. The molecule has 1 aliphatic rings. The molecule has 3 atom stereocenters. The van der Waals surface area contributed by atoms with E-state index in [0.717, 1.165) is 51.6 Å². The summed E-state index contributed by atoms with van der Waals surface area (Å²) in [5.74, 6) is 0. The number of rotatable bonds is 10. The molecule has 22 heavy (non-hydrogen) atoms. The Kier molecular flexibility index (Phi) is 14.6. The molecule has 0 aromatic heterocycles. The molecular weight excluding hydrogens is 300 g/mol. The van der Waals surface area contributed by atoms with Crippen LogP contribution < -0.4 is 5.32 Å². The minimum absolute atomic E-state index is 0.272. The van der Waals surface area contributed by atoms with E-state index in [4.69, 9.17) is 9.29 Å². The van der Waals surface area contributed by atoms with Crippen LogP contribution in [0.25, 0.3) is 0 Å². The lowest BCUT2D eigenvalue weighted by molar-refractivity contribution is 0.235. The number of nitrogens with one attached hydrogen (secondary N) is 1. The van der Waals surface area contributed by atoms with Crippen molar-refractivity contribution < 1.29 is 13.5 Å². The van der Waals surface area contributed by atoms with Crippen molar-refractivity contribution in [3.63, 3.8) is 0 Å². The predicted octanol–water partition coefficient (Wildman–Crippen LogP) is 2.62. The van der Waals surface area contributed by atoms with Gasteiger partial charge in [-0.25, -0.2) is 4.21 Å². The van der Waals surface area contributed by atoms with Crippen molar-refractivity contribution in [2.75, 3.05) is 26.3 Å². The largest absolute Gasteiger partial charge is 0.395 e. The van der Waals surface area contributed by atoms with Crippen LogP contribution in [0.4, 0.5) is 0 Å². The number of aliphatic hydroxyl groups excluding tert-OH is 1. The maximum atomic E-state index is 11.3. The van der Waals surface area contributed by atoms with E-state index in [2.05, 4.69) is 33.0 Å². The van der Waals surface area contributed by atoms with Gasteiger partial charge in [0, 0.05) is 18.6 Å². The highest BCUT2D eigenvalue weighted by atomic mass is 32.2. The molecular formula is C16H36N2O3S. The average Bonchev–Trinajstić information content (AvgIpc) is 2.86. The molecule has 134 valence electrons. The molecule has 0 aliphatic carbocycles. The molecule has 2 N–H and O–H groups in total. The summed E-state index contributed by atoms with van der Waals surface area (Å²) in [6.07, 6.45) is 6.62. The van der Waals surface area contributed by atoms with Gasteiger partial charge in [0.1, 0.15) is 0 Å². The average molecular weight is 337 g/mol. The SMILES string of the molecule is CCCC1CO[S@@](=O)N1CCC.CCCN[C@@H](CO)CCC. The zero-order valence-corrected chi connectivity index (χ0v) is 15.7. The Morgan fingerprint density at radius 3 is 2.45 bits per heavy atom. The third-order valence-electron chi connectivity index (χ3n) is 3.57. The normalized spacial score (nSPS) is 23.1. The zero-order valence-electron chi connectivity index (χ0n) is 14.8. The fourth-order valence-corrected chi connectivity index (χ4v) is 3.55. The molecule has 1 unspecified atom stereocenters. The van der Waals surface area contributed by atoms with Gasteiger partial charge in [0.2, 0.25) is 11.3 Å². The van der Waals surface area contributed by atoms with E-state index >= 15 is 0 Å². The van der Waals surface area contributed by atoms with Gasteiger partial charge in [-0.15, -0.1) is 0 Å². The fourth-order valence-electron chi connectivity index (χ4n) is 2.40. The summed E-state index contributed by atoms with van der Waals surface area (Å²) >= 11 is -1.16. The third-order valence-corrected chi connectivity index (χ3v) is 4.77. The van der Waals surface area contributed by atoms with Gasteiger partial charge in [0.05, 0.1) is 13.2 Å². The Labute approximate surface area is 139 Å². The molecule has 6 heteroatoms. The highest BCUT2D eigenvalue weighted by Gasteiger charge is 2.30. The van der Waals surface area contributed by atoms with Gasteiger partial charge in [-0.1, -0.05) is 40.5 Å². The van der Waals surface area contributed by atoms with E-state index in [-0.39, 0.29) is 6.61 Å². The van der Waals surface area contributed by atoms with E-state index in [0.29, 0.717) is 18.7 Å². The van der Waals surface area contributed by atoms with Crippen molar-refractivity contribution in [2.24, 2.45) is 0 Å². The molecule has 0 aromatic rings. The maximum absolute atomic E-state index is 11.3. The van der Waals surface area contributed by atoms with Gasteiger partial charge < -0.3 is 10.4 Å². The van der Waals surface area contributed by atoms with Crippen molar-refractivity contribution in [3.8, 4) is 0 Å². The van der Waals surface area contributed by atoms with Crippen LogP contribution in [0.15, 0.2) is 0 Å².